The number of hydrogen-bond donors (Lipinski definition) is 1. The molecule has 1 heterocycles. The van der Waals surface area contributed by atoms with Crippen molar-refractivity contribution in [3.05, 3.63) is 64.1 Å². The van der Waals surface area contributed by atoms with Crippen molar-refractivity contribution in [2.75, 3.05) is 19.5 Å². The van der Waals surface area contributed by atoms with E-state index in [1.54, 1.807) is 14.2 Å². The molecule has 1 aliphatic heterocycles. The topological polar surface area (TPSA) is 30.5 Å². The van der Waals surface area contributed by atoms with Gasteiger partial charge in [0, 0.05) is 16.5 Å². The Bertz CT molecular complexity index is 785. The quantitative estimate of drug-likeness (QED) is 0.727. The number of ether oxygens (including phenoxy) is 2. The highest BCUT2D eigenvalue weighted by Crippen LogP contribution is 2.53. The minimum atomic E-state index is 0.271. The van der Waals surface area contributed by atoms with E-state index in [0.29, 0.717) is 11.8 Å². The van der Waals surface area contributed by atoms with Crippen LogP contribution >= 0.6 is 15.9 Å². The van der Waals surface area contributed by atoms with Gasteiger partial charge < -0.3 is 14.8 Å². The average Bonchev–Trinajstić information content (AvgIpc) is 3.11. The first-order valence-electron chi connectivity index (χ1n) is 8.16. The van der Waals surface area contributed by atoms with Gasteiger partial charge in [-0.05, 0) is 41.7 Å². The molecule has 0 radical (unpaired) electrons. The molecule has 2 aliphatic rings. The predicted molar refractivity (Wildman–Crippen MR) is 100 cm³/mol. The molecule has 2 aromatic rings. The number of anilines is 1. The fourth-order valence-corrected chi connectivity index (χ4v) is 4.18. The number of halogens is 1. The second-order valence-corrected chi connectivity index (χ2v) is 7.24. The van der Waals surface area contributed by atoms with Crippen molar-refractivity contribution in [3.8, 4) is 11.5 Å². The van der Waals surface area contributed by atoms with Crippen molar-refractivity contribution in [1.82, 2.24) is 0 Å². The number of methoxy groups -OCH3 is 2. The van der Waals surface area contributed by atoms with Crippen molar-refractivity contribution in [1.29, 1.82) is 0 Å². The summed E-state index contributed by atoms with van der Waals surface area (Å²) < 4.78 is 12.2. The van der Waals surface area contributed by atoms with Gasteiger partial charge in [0.1, 0.15) is 11.5 Å². The molecule has 1 aliphatic carbocycles. The van der Waals surface area contributed by atoms with Crippen molar-refractivity contribution < 1.29 is 9.47 Å². The van der Waals surface area contributed by atoms with Gasteiger partial charge in [-0.15, -0.1) is 0 Å². The van der Waals surface area contributed by atoms with Crippen LogP contribution in [0.2, 0.25) is 0 Å². The van der Waals surface area contributed by atoms with Gasteiger partial charge in [0.25, 0.3) is 0 Å². The summed E-state index contributed by atoms with van der Waals surface area (Å²) in [4.78, 5) is 0. The molecule has 0 saturated carbocycles. The standard InChI is InChI=1S/C20H20BrNO2/c1-23-14-10-17-15-4-3-5-16(15)19(12-6-8-13(21)9-7-12)22-20(17)18(11-14)24-2/h3-4,6-11,15-16,19,22H,5H2,1-2H3/t15-,16+,19+/m1/s1. The zero-order valence-corrected chi connectivity index (χ0v) is 15.3. The zero-order chi connectivity index (χ0) is 16.7. The van der Waals surface area contributed by atoms with Gasteiger partial charge in [0.05, 0.1) is 25.9 Å². The molecule has 0 aromatic heterocycles. The molecule has 3 nitrogen and oxygen atoms in total. The highest BCUT2D eigenvalue weighted by molar-refractivity contribution is 9.10. The van der Waals surface area contributed by atoms with Crippen LogP contribution in [0.1, 0.15) is 29.5 Å². The molecule has 24 heavy (non-hydrogen) atoms. The molecule has 0 amide bonds. The zero-order valence-electron chi connectivity index (χ0n) is 13.8. The van der Waals surface area contributed by atoms with Crippen LogP contribution in [0.25, 0.3) is 0 Å². The fraction of sp³-hybridized carbons (Fsp3) is 0.300. The molecule has 2 aromatic carbocycles. The van der Waals surface area contributed by atoms with Crippen LogP contribution < -0.4 is 14.8 Å². The largest absolute Gasteiger partial charge is 0.497 e. The maximum atomic E-state index is 5.63. The highest BCUT2D eigenvalue weighted by atomic mass is 79.9. The minimum absolute atomic E-state index is 0.271. The third-order valence-electron chi connectivity index (χ3n) is 5.09. The number of fused-ring (bicyclic) bond motifs is 3. The van der Waals surface area contributed by atoms with E-state index >= 15 is 0 Å². The second kappa shape index (κ2) is 6.17. The second-order valence-electron chi connectivity index (χ2n) is 6.32. The summed E-state index contributed by atoms with van der Waals surface area (Å²) in [7, 11) is 3.41. The lowest BCUT2D eigenvalue weighted by atomic mass is 9.77. The van der Waals surface area contributed by atoms with Gasteiger partial charge in [-0.1, -0.05) is 40.2 Å². The normalized spacial score (nSPS) is 24.0. The summed E-state index contributed by atoms with van der Waals surface area (Å²) in [5.74, 6) is 2.58. The third kappa shape index (κ3) is 2.49. The van der Waals surface area contributed by atoms with Crippen LogP contribution in [0.4, 0.5) is 5.69 Å². The Kier molecular flexibility index (Phi) is 4.01. The van der Waals surface area contributed by atoms with Gasteiger partial charge in [0.2, 0.25) is 0 Å². The predicted octanol–water partition coefficient (Wildman–Crippen LogP) is 5.29. The van der Waals surface area contributed by atoms with Crippen LogP contribution in [0, 0.1) is 5.92 Å². The van der Waals surface area contributed by atoms with E-state index in [2.05, 4.69) is 63.7 Å². The van der Waals surface area contributed by atoms with Crippen LogP contribution in [-0.2, 0) is 0 Å². The third-order valence-corrected chi connectivity index (χ3v) is 5.62. The first-order chi connectivity index (χ1) is 11.7. The Morgan fingerprint density at radius 2 is 1.88 bits per heavy atom. The number of benzene rings is 2. The van der Waals surface area contributed by atoms with E-state index in [9.17, 15) is 0 Å². The molecule has 1 N–H and O–H groups in total. The van der Waals surface area contributed by atoms with Gasteiger partial charge in [-0.25, -0.2) is 0 Å². The monoisotopic (exact) mass is 385 g/mol. The van der Waals surface area contributed by atoms with Crippen LogP contribution in [-0.4, -0.2) is 14.2 Å². The molecular formula is C20H20BrNO2. The summed E-state index contributed by atoms with van der Waals surface area (Å²) in [6.07, 6.45) is 5.70. The number of rotatable bonds is 3. The molecule has 3 atom stereocenters. The van der Waals surface area contributed by atoms with Gasteiger partial charge in [-0.3, -0.25) is 0 Å². The lowest BCUT2D eigenvalue weighted by Gasteiger charge is -2.38. The van der Waals surface area contributed by atoms with E-state index in [1.807, 2.05) is 6.07 Å². The highest BCUT2D eigenvalue weighted by Gasteiger charge is 2.39. The minimum Gasteiger partial charge on any atom is -0.497 e. The molecule has 0 fully saturated rings. The molecule has 124 valence electrons. The van der Waals surface area contributed by atoms with E-state index in [-0.39, 0.29) is 6.04 Å². The Morgan fingerprint density at radius 1 is 1.08 bits per heavy atom. The number of hydrogen-bond acceptors (Lipinski definition) is 3. The summed E-state index contributed by atoms with van der Waals surface area (Å²) >= 11 is 3.52. The van der Waals surface area contributed by atoms with Gasteiger partial charge >= 0.3 is 0 Å². The first kappa shape index (κ1) is 15.6. The summed E-state index contributed by atoms with van der Waals surface area (Å²) in [5.41, 5.74) is 3.65. The Labute approximate surface area is 150 Å². The van der Waals surface area contributed by atoms with E-state index in [0.717, 1.165) is 28.1 Å². The van der Waals surface area contributed by atoms with Crippen LogP contribution in [0.3, 0.4) is 0 Å². The van der Waals surface area contributed by atoms with Gasteiger partial charge in [-0.2, -0.15) is 0 Å². The van der Waals surface area contributed by atoms with Crippen molar-refractivity contribution in [2.24, 2.45) is 5.92 Å². The van der Waals surface area contributed by atoms with Crippen molar-refractivity contribution in [2.45, 2.75) is 18.4 Å². The molecular weight excluding hydrogens is 366 g/mol. The Balaban J connectivity index is 1.82. The molecule has 0 unspecified atom stereocenters. The molecule has 0 bridgehead atoms. The lowest BCUT2D eigenvalue weighted by molar-refractivity contribution is 0.381. The Morgan fingerprint density at radius 3 is 2.58 bits per heavy atom. The molecule has 0 spiro atoms. The van der Waals surface area contributed by atoms with Crippen molar-refractivity contribution in [3.63, 3.8) is 0 Å². The maximum Gasteiger partial charge on any atom is 0.145 e. The smallest absolute Gasteiger partial charge is 0.145 e. The molecule has 0 saturated heterocycles. The van der Waals surface area contributed by atoms with Crippen LogP contribution in [0.15, 0.2) is 53.0 Å². The van der Waals surface area contributed by atoms with Crippen LogP contribution in [0.5, 0.6) is 11.5 Å². The van der Waals surface area contributed by atoms with E-state index in [1.165, 1.54) is 11.1 Å². The van der Waals surface area contributed by atoms with Gasteiger partial charge in [0.15, 0.2) is 0 Å². The average molecular weight is 386 g/mol. The number of nitrogens with one attached hydrogen (secondary N) is 1. The lowest BCUT2D eigenvalue weighted by Crippen LogP contribution is -2.29. The summed E-state index contributed by atoms with van der Waals surface area (Å²) in [6.45, 7) is 0. The SMILES string of the molecule is COc1cc(OC)c2c(c1)[C@@H]1C=CC[C@@H]1[C@H](c1ccc(Br)cc1)N2. The Hall–Kier alpha value is -1.94. The number of allylic oxidation sites excluding steroid dienone is 2. The first-order valence-corrected chi connectivity index (χ1v) is 8.95. The molecule has 4 rings (SSSR count). The van der Waals surface area contributed by atoms with E-state index < -0.39 is 0 Å². The summed E-state index contributed by atoms with van der Waals surface area (Å²) in [6, 6.07) is 13.0. The maximum absolute atomic E-state index is 5.63. The molecule has 4 heteroatoms. The fourth-order valence-electron chi connectivity index (χ4n) is 3.92. The van der Waals surface area contributed by atoms with E-state index in [4.69, 9.17) is 9.47 Å². The van der Waals surface area contributed by atoms with Crippen molar-refractivity contribution >= 4 is 21.6 Å². The summed E-state index contributed by atoms with van der Waals surface area (Å²) in [5, 5.41) is 3.74.